The fraction of sp³-hybridized carbons (Fsp3) is 0.368. The molecule has 1 aromatic carbocycles. The van der Waals surface area contributed by atoms with Crippen molar-refractivity contribution >= 4 is 52.1 Å². The topological polar surface area (TPSA) is 61.7 Å². The number of hydrogen-bond acceptors (Lipinski definition) is 5. The maximum absolute atomic E-state index is 11.4. The number of halogens is 1. The Labute approximate surface area is 166 Å². The lowest BCUT2D eigenvalue weighted by atomic mass is 9.92. The van der Waals surface area contributed by atoms with Crippen molar-refractivity contribution in [3.8, 4) is 0 Å². The average Bonchev–Trinajstić information content (AvgIpc) is 2.92. The van der Waals surface area contributed by atoms with Crippen LogP contribution in [0, 0.1) is 5.92 Å². The number of aryl methyl sites for hydroxylation is 1. The second kappa shape index (κ2) is 8.93. The van der Waals surface area contributed by atoms with E-state index in [-0.39, 0.29) is 12.3 Å². The Morgan fingerprint density at radius 2 is 2.15 bits per heavy atom. The van der Waals surface area contributed by atoms with Crippen molar-refractivity contribution < 1.29 is 9.90 Å². The first-order chi connectivity index (χ1) is 12.6. The van der Waals surface area contributed by atoms with E-state index in [9.17, 15) is 9.90 Å². The van der Waals surface area contributed by atoms with Gasteiger partial charge in [0.25, 0.3) is 0 Å². The highest BCUT2D eigenvalue weighted by atomic mass is 35.5. The lowest BCUT2D eigenvalue weighted by Crippen LogP contribution is -2.20. The van der Waals surface area contributed by atoms with Crippen LogP contribution >= 0.6 is 34.7 Å². The van der Waals surface area contributed by atoms with E-state index >= 15 is 0 Å². The minimum Gasteiger partial charge on any atom is -0.481 e. The van der Waals surface area contributed by atoms with Crippen LogP contribution in [0.15, 0.2) is 39.6 Å². The van der Waals surface area contributed by atoms with Gasteiger partial charge in [-0.2, -0.15) is 5.10 Å². The van der Waals surface area contributed by atoms with Crippen molar-refractivity contribution in [2.24, 2.45) is 11.0 Å². The summed E-state index contributed by atoms with van der Waals surface area (Å²) in [7, 11) is 0. The summed E-state index contributed by atoms with van der Waals surface area (Å²) in [6.07, 6.45) is 3.04. The third-order valence-electron chi connectivity index (χ3n) is 4.18. The zero-order valence-electron chi connectivity index (χ0n) is 14.5. The number of aliphatic carboxylic acids is 1. The predicted molar refractivity (Wildman–Crippen MR) is 111 cm³/mol. The fourth-order valence-electron chi connectivity index (χ4n) is 2.94. The number of thiophene rings is 1. The number of fused-ring (bicyclic) bond motifs is 1. The van der Waals surface area contributed by atoms with Crippen LogP contribution in [0.25, 0.3) is 0 Å². The summed E-state index contributed by atoms with van der Waals surface area (Å²) < 4.78 is 1.25. The van der Waals surface area contributed by atoms with Crippen LogP contribution in [-0.2, 0) is 11.2 Å². The third-order valence-corrected chi connectivity index (χ3v) is 6.95. The Hall–Kier alpha value is -1.50. The van der Waals surface area contributed by atoms with Crippen LogP contribution in [0.1, 0.15) is 36.6 Å². The normalized spacial score (nSPS) is 18.4. The molecular weight excluding hydrogens is 388 g/mol. The van der Waals surface area contributed by atoms with E-state index in [4.69, 9.17) is 11.6 Å². The predicted octanol–water partition coefficient (Wildman–Crippen LogP) is 5.76. The molecule has 2 aromatic rings. The summed E-state index contributed by atoms with van der Waals surface area (Å²) in [5.41, 5.74) is 5.86. The Bertz CT molecular complexity index is 802. The van der Waals surface area contributed by atoms with Gasteiger partial charge in [0, 0.05) is 21.4 Å². The maximum atomic E-state index is 11.4. The largest absolute Gasteiger partial charge is 0.481 e. The Morgan fingerprint density at radius 1 is 1.38 bits per heavy atom. The van der Waals surface area contributed by atoms with E-state index in [1.54, 1.807) is 12.1 Å². The van der Waals surface area contributed by atoms with Crippen LogP contribution < -0.4 is 5.43 Å². The van der Waals surface area contributed by atoms with Gasteiger partial charge in [0.2, 0.25) is 0 Å². The number of hydrogen-bond donors (Lipinski definition) is 2. The Balaban J connectivity index is 1.95. The number of carbonyl (C=O) groups is 1. The zero-order valence-corrected chi connectivity index (χ0v) is 16.9. The number of rotatable bonds is 6. The van der Waals surface area contributed by atoms with Crippen molar-refractivity contribution in [1.82, 2.24) is 0 Å². The number of carboxylic acid groups (broad SMARTS) is 1. The number of thioether (sulfide) groups is 1. The minimum absolute atomic E-state index is 0.0925. The number of hydrazone groups is 1. The van der Waals surface area contributed by atoms with E-state index in [2.05, 4.69) is 23.5 Å². The van der Waals surface area contributed by atoms with E-state index in [0.29, 0.717) is 5.02 Å². The number of benzene rings is 1. The van der Waals surface area contributed by atoms with Crippen LogP contribution in [0.3, 0.4) is 0 Å². The molecule has 7 heteroatoms. The van der Waals surface area contributed by atoms with Crippen molar-refractivity contribution in [3.05, 3.63) is 45.8 Å². The molecule has 0 amide bonds. The van der Waals surface area contributed by atoms with Crippen molar-refractivity contribution in [2.75, 3.05) is 11.2 Å². The second-order valence-electron chi connectivity index (χ2n) is 6.21. The van der Waals surface area contributed by atoms with Gasteiger partial charge in [-0.3, -0.25) is 10.2 Å². The summed E-state index contributed by atoms with van der Waals surface area (Å²) in [5.74, 6) is 0.0357. The summed E-state index contributed by atoms with van der Waals surface area (Å²) in [4.78, 5) is 12.7. The SMILES string of the molecule is CCCc1cc2c(s1)SCCC(CC(=O)O)/C2=N\Nc1ccc(Cl)cc1. The van der Waals surface area contributed by atoms with Crippen molar-refractivity contribution in [2.45, 2.75) is 36.8 Å². The zero-order chi connectivity index (χ0) is 18.5. The second-order valence-corrected chi connectivity index (χ2v) is 9.15. The minimum atomic E-state index is -0.786. The number of nitrogens with zero attached hydrogens (tertiary/aromatic N) is 1. The van der Waals surface area contributed by atoms with Gasteiger partial charge < -0.3 is 5.11 Å². The van der Waals surface area contributed by atoms with Gasteiger partial charge in [-0.05, 0) is 48.9 Å². The first kappa shape index (κ1) is 19.3. The lowest BCUT2D eigenvalue weighted by Gasteiger charge is -2.15. The molecule has 1 aliphatic rings. The van der Waals surface area contributed by atoms with Gasteiger partial charge in [0.05, 0.1) is 22.0 Å². The molecule has 1 unspecified atom stereocenters. The van der Waals surface area contributed by atoms with Gasteiger partial charge in [-0.25, -0.2) is 0 Å². The van der Waals surface area contributed by atoms with Gasteiger partial charge in [-0.1, -0.05) is 24.9 Å². The molecular formula is C19H21ClN2O2S2. The molecule has 1 atom stereocenters. The van der Waals surface area contributed by atoms with Crippen LogP contribution in [0.5, 0.6) is 0 Å². The van der Waals surface area contributed by atoms with E-state index in [0.717, 1.165) is 42.0 Å². The first-order valence-electron chi connectivity index (χ1n) is 8.63. The maximum Gasteiger partial charge on any atom is 0.304 e. The quantitative estimate of drug-likeness (QED) is 0.596. The molecule has 1 aliphatic heterocycles. The van der Waals surface area contributed by atoms with Gasteiger partial charge in [0.1, 0.15) is 0 Å². The van der Waals surface area contributed by atoms with Crippen molar-refractivity contribution in [1.29, 1.82) is 0 Å². The molecule has 138 valence electrons. The highest BCUT2D eigenvalue weighted by Gasteiger charge is 2.28. The lowest BCUT2D eigenvalue weighted by molar-refractivity contribution is -0.137. The molecule has 0 aliphatic carbocycles. The summed E-state index contributed by atoms with van der Waals surface area (Å²) in [6.45, 7) is 2.17. The van der Waals surface area contributed by atoms with Crippen LogP contribution in [0.4, 0.5) is 5.69 Å². The first-order valence-corrected chi connectivity index (χ1v) is 10.8. The monoisotopic (exact) mass is 408 g/mol. The highest BCUT2D eigenvalue weighted by Crippen LogP contribution is 2.39. The molecule has 3 rings (SSSR count). The van der Waals surface area contributed by atoms with E-state index in [1.165, 1.54) is 9.09 Å². The fourth-order valence-corrected chi connectivity index (χ4v) is 5.77. The van der Waals surface area contributed by atoms with Crippen LogP contribution in [-0.4, -0.2) is 22.5 Å². The molecule has 26 heavy (non-hydrogen) atoms. The molecule has 0 saturated carbocycles. The Kier molecular flexibility index (Phi) is 6.62. The molecule has 0 radical (unpaired) electrons. The number of nitrogens with one attached hydrogen (secondary N) is 1. The smallest absolute Gasteiger partial charge is 0.304 e. The van der Waals surface area contributed by atoms with E-state index in [1.807, 2.05) is 35.2 Å². The van der Waals surface area contributed by atoms with Gasteiger partial charge in [0.15, 0.2) is 0 Å². The molecule has 2 heterocycles. The van der Waals surface area contributed by atoms with Gasteiger partial charge in [-0.15, -0.1) is 23.1 Å². The molecule has 4 nitrogen and oxygen atoms in total. The molecule has 0 spiro atoms. The molecule has 0 saturated heterocycles. The average molecular weight is 409 g/mol. The highest BCUT2D eigenvalue weighted by molar-refractivity contribution is 8.01. The summed E-state index contributed by atoms with van der Waals surface area (Å²) >= 11 is 9.56. The van der Waals surface area contributed by atoms with Gasteiger partial charge >= 0.3 is 5.97 Å². The molecule has 0 bridgehead atoms. The summed E-state index contributed by atoms with van der Waals surface area (Å²) in [6, 6.07) is 9.52. The molecule has 1 aromatic heterocycles. The van der Waals surface area contributed by atoms with Crippen LogP contribution in [0.2, 0.25) is 5.02 Å². The molecule has 0 fully saturated rings. The number of anilines is 1. The molecule has 2 N–H and O–H groups in total. The standard InChI is InChI=1S/C19H21ClN2O2S2/c1-2-3-15-11-16-18(22-21-14-6-4-13(20)5-7-14)12(10-17(23)24)8-9-25-19(16)26-15/h4-7,11-12,21H,2-3,8-10H2,1H3,(H,23,24)/b22-18+. The van der Waals surface area contributed by atoms with Crippen molar-refractivity contribution in [3.63, 3.8) is 0 Å². The van der Waals surface area contributed by atoms with E-state index < -0.39 is 5.97 Å². The third kappa shape index (κ3) is 4.81. The summed E-state index contributed by atoms with van der Waals surface area (Å²) in [5, 5.41) is 14.6. The number of carboxylic acids is 1. The Morgan fingerprint density at radius 3 is 2.85 bits per heavy atom.